The number of aromatic nitrogens is 1. The maximum absolute atomic E-state index is 11.1. The van der Waals surface area contributed by atoms with E-state index in [1.54, 1.807) is 17.5 Å². The van der Waals surface area contributed by atoms with Gasteiger partial charge in [0.25, 0.3) is 0 Å². The van der Waals surface area contributed by atoms with Gasteiger partial charge < -0.3 is 0 Å². The summed E-state index contributed by atoms with van der Waals surface area (Å²) in [5.74, 6) is -0.443. The predicted molar refractivity (Wildman–Crippen MR) is 75.6 cm³/mol. The van der Waals surface area contributed by atoms with Crippen molar-refractivity contribution < 1.29 is 4.79 Å². The fourth-order valence-electron chi connectivity index (χ4n) is 1.54. The second-order valence-electron chi connectivity index (χ2n) is 3.77. The van der Waals surface area contributed by atoms with Gasteiger partial charge >= 0.3 is 114 Å². The Morgan fingerprint density at radius 2 is 2.11 bits per heavy atom. The molecular weight excluding hydrogens is 309 g/mol. The Bertz CT molecular complexity index is 503. The van der Waals surface area contributed by atoms with Crippen molar-refractivity contribution in [3.05, 3.63) is 41.9 Å². The van der Waals surface area contributed by atoms with Crippen LogP contribution in [0.2, 0.25) is 5.21 Å². The van der Waals surface area contributed by atoms with Crippen molar-refractivity contribution in [2.24, 2.45) is 11.5 Å². The topological polar surface area (TPSA) is 82.0 Å². The van der Waals surface area contributed by atoms with E-state index in [1.165, 1.54) is 4.35 Å². The van der Waals surface area contributed by atoms with Gasteiger partial charge in [-0.3, -0.25) is 0 Å². The summed E-state index contributed by atoms with van der Waals surface area (Å²) in [7, 11) is 0. The Balaban J connectivity index is 2.27. The maximum atomic E-state index is 11.1. The first-order chi connectivity index (χ1) is 8.68. The zero-order chi connectivity index (χ0) is 13.0. The monoisotopic (exact) mass is 323 g/mol. The first-order valence-corrected chi connectivity index (χ1v) is 9.54. The number of rotatable bonds is 5. The number of hydrogen-bond donors (Lipinski definition) is 2. The van der Waals surface area contributed by atoms with E-state index in [0.717, 1.165) is 3.80 Å². The van der Waals surface area contributed by atoms with E-state index in [4.69, 9.17) is 11.5 Å². The van der Waals surface area contributed by atoms with Crippen molar-refractivity contribution in [3.63, 3.8) is 0 Å². The second-order valence-corrected chi connectivity index (χ2v) is 9.86. The van der Waals surface area contributed by atoms with Crippen LogP contribution in [0.1, 0.15) is 0 Å². The molecule has 94 valence electrons. The molecule has 0 saturated heterocycles. The molecule has 0 bridgehead atoms. The Kier molecular flexibility index (Phi) is 4.53. The summed E-state index contributed by atoms with van der Waals surface area (Å²) < 4.78 is 2.35. The van der Waals surface area contributed by atoms with Gasteiger partial charge in [-0.05, 0) is 0 Å². The van der Waals surface area contributed by atoms with E-state index in [0.29, 0.717) is 5.21 Å². The van der Waals surface area contributed by atoms with Gasteiger partial charge in [0.15, 0.2) is 0 Å². The molecule has 6 heteroatoms. The average Bonchev–Trinajstić information content (AvgIpc) is 2.90. The molecule has 1 aromatic heterocycles. The van der Waals surface area contributed by atoms with E-state index < -0.39 is 26.6 Å². The molecule has 18 heavy (non-hydrogen) atoms. The molecular formula is C12H14AsN3OS. The first kappa shape index (κ1) is 13.3. The van der Waals surface area contributed by atoms with Crippen LogP contribution in [0.3, 0.4) is 0 Å². The van der Waals surface area contributed by atoms with E-state index in [2.05, 4.69) is 17.1 Å². The number of primary amides is 1. The molecule has 0 saturated carbocycles. The molecule has 1 heterocycles. The molecule has 0 aliphatic rings. The summed E-state index contributed by atoms with van der Waals surface area (Å²) in [6.45, 7) is 0. The van der Waals surface area contributed by atoms with Crippen molar-refractivity contribution in [2.75, 3.05) is 0 Å². The molecule has 2 atom stereocenters. The van der Waals surface area contributed by atoms with Gasteiger partial charge in [0, 0.05) is 0 Å². The minimum atomic E-state index is -1.61. The summed E-state index contributed by atoms with van der Waals surface area (Å²) in [4.78, 5) is 15.5. The summed E-state index contributed by atoms with van der Waals surface area (Å²) in [5, 5.41) is 2.58. The van der Waals surface area contributed by atoms with Crippen molar-refractivity contribution in [1.82, 2.24) is 4.98 Å². The van der Waals surface area contributed by atoms with Crippen LogP contribution < -0.4 is 19.6 Å². The Morgan fingerprint density at radius 3 is 2.67 bits per heavy atom. The number of carbonyl (C=O) groups excluding carboxylic acids is 1. The standard InChI is InChI=1S/C12H14AsN3OS/c14-10(11(15)17)8-13(12-16-6-7-18-12)9-4-2-1-3-5-9/h1-7,10H,8,14H2,(H2,15,17). The Labute approximate surface area is 114 Å². The molecule has 4 nitrogen and oxygen atoms in total. The summed E-state index contributed by atoms with van der Waals surface area (Å²) in [6, 6.07) is 9.55. The van der Waals surface area contributed by atoms with Gasteiger partial charge in [-0.1, -0.05) is 0 Å². The molecule has 2 rings (SSSR count). The number of nitrogens with zero attached hydrogens (tertiary/aromatic N) is 1. The number of nitrogens with two attached hydrogens (primary N) is 2. The van der Waals surface area contributed by atoms with Crippen LogP contribution in [-0.2, 0) is 4.79 Å². The predicted octanol–water partition coefficient (Wildman–Crippen LogP) is -0.435. The second kappa shape index (κ2) is 6.14. The van der Waals surface area contributed by atoms with E-state index >= 15 is 0 Å². The Hall–Kier alpha value is -1.16. The van der Waals surface area contributed by atoms with Crippen LogP contribution in [0.5, 0.6) is 0 Å². The molecule has 4 N–H and O–H groups in total. The van der Waals surface area contributed by atoms with Gasteiger partial charge in [0.1, 0.15) is 0 Å². The normalized spacial score (nSPS) is 14.1. The zero-order valence-electron chi connectivity index (χ0n) is 9.69. The molecule has 1 amide bonds. The number of hydrogen-bond acceptors (Lipinski definition) is 4. The van der Waals surface area contributed by atoms with E-state index in [-0.39, 0.29) is 0 Å². The summed E-state index contributed by atoms with van der Waals surface area (Å²) >= 11 is 0.0139. The van der Waals surface area contributed by atoms with Gasteiger partial charge in [0.05, 0.1) is 0 Å². The van der Waals surface area contributed by atoms with Crippen molar-refractivity contribution in [3.8, 4) is 0 Å². The molecule has 0 fully saturated rings. The third-order valence-electron chi connectivity index (χ3n) is 2.46. The van der Waals surface area contributed by atoms with Crippen LogP contribution in [0.25, 0.3) is 0 Å². The molecule has 0 aliphatic carbocycles. The first-order valence-electron chi connectivity index (χ1n) is 5.45. The summed E-state index contributed by atoms with van der Waals surface area (Å²) in [6.07, 6.45) is 1.79. The minimum absolute atomic E-state index is 0.443. The Morgan fingerprint density at radius 1 is 1.39 bits per heavy atom. The average molecular weight is 323 g/mol. The number of thiazole rings is 1. The molecule has 2 unspecified atom stereocenters. The molecule has 1 aromatic carbocycles. The SMILES string of the molecule is NC(=O)C(N)C[As](c1ccccc1)c1nccs1. The quantitative estimate of drug-likeness (QED) is 0.732. The van der Waals surface area contributed by atoms with Gasteiger partial charge in [-0.15, -0.1) is 0 Å². The third-order valence-corrected chi connectivity index (χ3v) is 9.58. The van der Waals surface area contributed by atoms with Crippen LogP contribution >= 0.6 is 11.3 Å². The van der Waals surface area contributed by atoms with E-state index in [9.17, 15) is 4.79 Å². The van der Waals surface area contributed by atoms with Crippen molar-refractivity contribution >= 4 is 40.0 Å². The van der Waals surface area contributed by atoms with Crippen molar-refractivity contribution in [2.45, 2.75) is 11.3 Å². The number of carbonyl (C=O) groups is 1. The van der Waals surface area contributed by atoms with Crippen molar-refractivity contribution in [1.29, 1.82) is 0 Å². The molecule has 0 radical (unpaired) electrons. The third kappa shape index (κ3) is 3.19. The van der Waals surface area contributed by atoms with Crippen LogP contribution in [0, 0.1) is 0 Å². The van der Waals surface area contributed by atoms with Crippen LogP contribution in [0.15, 0.2) is 41.9 Å². The summed E-state index contributed by atoms with van der Waals surface area (Å²) in [5.41, 5.74) is 11.1. The van der Waals surface area contributed by atoms with Crippen LogP contribution in [-0.4, -0.2) is 31.6 Å². The fraction of sp³-hybridized carbons (Fsp3) is 0.167. The van der Waals surface area contributed by atoms with E-state index in [1.807, 2.05) is 23.6 Å². The van der Waals surface area contributed by atoms with Gasteiger partial charge in [-0.2, -0.15) is 0 Å². The number of benzene rings is 1. The van der Waals surface area contributed by atoms with Crippen LogP contribution in [0.4, 0.5) is 0 Å². The fourth-order valence-corrected chi connectivity index (χ4v) is 8.13. The molecule has 2 aromatic rings. The zero-order valence-corrected chi connectivity index (χ0v) is 12.4. The number of amides is 1. The molecule has 0 aliphatic heterocycles. The molecule has 0 spiro atoms. The van der Waals surface area contributed by atoms with Gasteiger partial charge in [-0.25, -0.2) is 0 Å². The van der Waals surface area contributed by atoms with Gasteiger partial charge in [0.2, 0.25) is 0 Å².